The fourth-order valence-electron chi connectivity index (χ4n) is 3.04. The number of hydrogen-bond donors (Lipinski definition) is 1. The van der Waals surface area contributed by atoms with E-state index in [2.05, 4.69) is 40.3 Å². The van der Waals surface area contributed by atoms with Gasteiger partial charge in [0.1, 0.15) is 5.75 Å². The van der Waals surface area contributed by atoms with Crippen LogP contribution in [0.2, 0.25) is 0 Å². The number of piperazine rings is 1. The van der Waals surface area contributed by atoms with E-state index in [0.717, 1.165) is 43.6 Å². The second-order valence-electron chi connectivity index (χ2n) is 6.22. The number of aromatic nitrogens is 5. The maximum Gasteiger partial charge on any atom is 0.247 e. The minimum Gasteiger partial charge on any atom is -0.492 e. The van der Waals surface area contributed by atoms with Crippen molar-refractivity contribution in [2.75, 3.05) is 47.9 Å². The van der Waals surface area contributed by atoms with E-state index in [1.54, 1.807) is 18.6 Å². The summed E-state index contributed by atoms with van der Waals surface area (Å²) in [6, 6.07) is 9.58. The lowest BCUT2D eigenvalue weighted by Crippen LogP contribution is -2.47. The van der Waals surface area contributed by atoms with E-state index in [-0.39, 0.29) is 0 Å². The quantitative estimate of drug-likeness (QED) is 0.692. The van der Waals surface area contributed by atoms with E-state index in [0.29, 0.717) is 18.4 Å². The molecule has 1 aliphatic rings. The van der Waals surface area contributed by atoms with E-state index < -0.39 is 0 Å². The molecular formula is C19H22N8O. The van der Waals surface area contributed by atoms with Gasteiger partial charge in [-0.1, -0.05) is 12.1 Å². The average molecular weight is 378 g/mol. The third-order valence-corrected chi connectivity index (χ3v) is 4.39. The van der Waals surface area contributed by atoms with Crippen molar-refractivity contribution >= 4 is 23.4 Å². The topological polar surface area (TPSA) is 92.2 Å². The highest BCUT2D eigenvalue weighted by molar-refractivity contribution is 5.64. The fourth-order valence-corrected chi connectivity index (χ4v) is 3.04. The molecule has 1 fully saturated rings. The summed E-state index contributed by atoms with van der Waals surface area (Å²) in [7, 11) is 0. The molecule has 144 valence electrons. The summed E-state index contributed by atoms with van der Waals surface area (Å²) in [4.78, 5) is 17.5. The average Bonchev–Trinajstić information content (AvgIpc) is 2.76. The minimum absolute atomic E-state index is 0.599. The maximum absolute atomic E-state index is 5.66. The molecule has 0 amide bonds. The molecule has 9 heteroatoms. The Morgan fingerprint density at radius 3 is 2.43 bits per heavy atom. The summed E-state index contributed by atoms with van der Waals surface area (Å²) in [5, 5.41) is 11.6. The van der Waals surface area contributed by atoms with Crippen molar-refractivity contribution in [1.29, 1.82) is 0 Å². The van der Waals surface area contributed by atoms with Gasteiger partial charge in [-0.25, -0.2) is 9.97 Å². The second kappa shape index (κ2) is 8.47. The summed E-state index contributed by atoms with van der Waals surface area (Å²) >= 11 is 0. The Labute approximate surface area is 163 Å². The SMILES string of the molecule is CCOc1ccccc1Nc1cnnc(N2CCN(c3ncccn3)CC2)n1. The van der Waals surface area contributed by atoms with Crippen molar-refractivity contribution in [2.24, 2.45) is 0 Å². The van der Waals surface area contributed by atoms with Crippen molar-refractivity contribution in [3.63, 3.8) is 0 Å². The Kier molecular flexibility index (Phi) is 5.41. The van der Waals surface area contributed by atoms with Gasteiger partial charge in [-0.2, -0.15) is 10.1 Å². The smallest absolute Gasteiger partial charge is 0.247 e. The summed E-state index contributed by atoms with van der Waals surface area (Å²) in [5.41, 5.74) is 0.849. The Balaban J connectivity index is 1.43. The first-order valence-corrected chi connectivity index (χ1v) is 9.29. The van der Waals surface area contributed by atoms with E-state index in [1.165, 1.54) is 0 Å². The van der Waals surface area contributed by atoms with Crippen LogP contribution in [0.25, 0.3) is 0 Å². The van der Waals surface area contributed by atoms with E-state index in [4.69, 9.17) is 4.74 Å². The Morgan fingerprint density at radius 1 is 0.964 bits per heavy atom. The lowest BCUT2D eigenvalue weighted by Gasteiger charge is -2.34. The van der Waals surface area contributed by atoms with Crippen LogP contribution >= 0.6 is 0 Å². The van der Waals surface area contributed by atoms with Crippen LogP contribution in [0.15, 0.2) is 48.9 Å². The highest BCUT2D eigenvalue weighted by Crippen LogP contribution is 2.27. The third-order valence-electron chi connectivity index (χ3n) is 4.39. The van der Waals surface area contributed by atoms with Crippen molar-refractivity contribution in [3.8, 4) is 5.75 Å². The number of nitrogens with zero attached hydrogens (tertiary/aromatic N) is 7. The fraction of sp³-hybridized carbons (Fsp3) is 0.316. The van der Waals surface area contributed by atoms with Gasteiger partial charge in [-0.15, -0.1) is 5.10 Å². The van der Waals surface area contributed by atoms with Crippen LogP contribution in [0.3, 0.4) is 0 Å². The summed E-state index contributed by atoms with van der Waals surface area (Å²) in [6.45, 7) is 5.72. The molecule has 0 saturated carbocycles. The van der Waals surface area contributed by atoms with Gasteiger partial charge in [-0.05, 0) is 25.1 Å². The second-order valence-corrected chi connectivity index (χ2v) is 6.22. The lowest BCUT2D eigenvalue weighted by molar-refractivity contribution is 0.342. The normalized spacial score (nSPS) is 14.0. The van der Waals surface area contributed by atoms with Crippen LogP contribution in [0.5, 0.6) is 5.75 Å². The lowest BCUT2D eigenvalue weighted by atomic mass is 10.3. The number of nitrogens with one attached hydrogen (secondary N) is 1. The van der Waals surface area contributed by atoms with Gasteiger partial charge < -0.3 is 19.9 Å². The van der Waals surface area contributed by atoms with E-state index in [1.807, 2.05) is 37.3 Å². The predicted molar refractivity (Wildman–Crippen MR) is 107 cm³/mol. The molecule has 3 aromatic rings. The molecule has 2 aromatic heterocycles. The predicted octanol–water partition coefficient (Wildman–Crippen LogP) is 2.13. The van der Waals surface area contributed by atoms with Gasteiger partial charge in [0.2, 0.25) is 11.9 Å². The van der Waals surface area contributed by atoms with E-state index >= 15 is 0 Å². The molecule has 1 saturated heterocycles. The highest BCUT2D eigenvalue weighted by atomic mass is 16.5. The molecule has 4 rings (SSSR count). The zero-order valence-electron chi connectivity index (χ0n) is 15.7. The zero-order valence-corrected chi connectivity index (χ0v) is 15.7. The molecule has 0 bridgehead atoms. The molecule has 28 heavy (non-hydrogen) atoms. The van der Waals surface area contributed by atoms with Crippen LogP contribution in [0, 0.1) is 0 Å². The molecule has 1 aliphatic heterocycles. The van der Waals surface area contributed by atoms with Crippen LogP contribution in [-0.4, -0.2) is 57.9 Å². The first kappa shape index (κ1) is 17.9. The van der Waals surface area contributed by atoms with Gasteiger partial charge in [0.05, 0.1) is 18.5 Å². The minimum atomic E-state index is 0.599. The molecule has 0 atom stereocenters. The van der Waals surface area contributed by atoms with Crippen LogP contribution < -0.4 is 19.9 Å². The molecule has 0 spiro atoms. The van der Waals surface area contributed by atoms with Crippen LogP contribution in [0.4, 0.5) is 23.4 Å². The Morgan fingerprint density at radius 2 is 1.68 bits per heavy atom. The summed E-state index contributed by atoms with van der Waals surface area (Å²) in [5.74, 6) is 2.77. The van der Waals surface area contributed by atoms with Crippen molar-refractivity contribution in [2.45, 2.75) is 6.92 Å². The monoisotopic (exact) mass is 378 g/mol. The van der Waals surface area contributed by atoms with Gasteiger partial charge >= 0.3 is 0 Å². The number of anilines is 4. The summed E-state index contributed by atoms with van der Waals surface area (Å²) < 4.78 is 5.66. The molecule has 0 unspecified atom stereocenters. The van der Waals surface area contributed by atoms with E-state index in [9.17, 15) is 0 Å². The Bertz CT molecular complexity index is 899. The first-order chi connectivity index (χ1) is 13.8. The number of benzene rings is 1. The highest BCUT2D eigenvalue weighted by Gasteiger charge is 2.21. The molecule has 1 aromatic carbocycles. The molecule has 0 radical (unpaired) electrons. The number of hydrogen-bond acceptors (Lipinski definition) is 9. The molecular weight excluding hydrogens is 356 g/mol. The molecule has 9 nitrogen and oxygen atoms in total. The first-order valence-electron chi connectivity index (χ1n) is 9.29. The zero-order chi connectivity index (χ0) is 19.2. The van der Waals surface area contributed by atoms with Crippen LogP contribution in [0.1, 0.15) is 6.92 Å². The number of ether oxygens (including phenoxy) is 1. The van der Waals surface area contributed by atoms with Crippen molar-refractivity contribution in [1.82, 2.24) is 25.1 Å². The molecule has 3 heterocycles. The number of para-hydroxylation sites is 2. The van der Waals surface area contributed by atoms with Crippen molar-refractivity contribution in [3.05, 3.63) is 48.9 Å². The van der Waals surface area contributed by atoms with Gasteiger partial charge in [0.15, 0.2) is 5.82 Å². The van der Waals surface area contributed by atoms with Crippen LogP contribution in [-0.2, 0) is 0 Å². The third kappa shape index (κ3) is 4.08. The Hall–Kier alpha value is -3.49. The largest absolute Gasteiger partial charge is 0.492 e. The maximum atomic E-state index is 5.66. The summed E-state index contributed by atoms with van der Waals surface area (Å²) in [6.07, 6.45) is 5.13. The molecule has 1 N–H and O–H groups in total. The number of rotatable bonds is 6. The van der Waals surface area contributed by atoms with Gasteiger partial charge in [0, 0.05) is 38.6 Å². The standard InChI is InChI=1S/C19H22N8O/c1-2-28-16-7-4-3-6-15(16)23-17-14-22-25-19(24-17)27-12-10-26(11-13-27)18-20-8-5-9-21-18/h3-9,14H,2,10-13H2,1H3,(H,23,24,25). The molecule has 0 aliphatic carbocycles. The van der Waals surface area contributed by atoms with Crippen molar-refractivity contribution < 1.29 is 4.74 Å². The van der Waals surface area contributed by atoms with Gasteiger partial charge in [-0.3, -0.25) is 0 Å². The van der Waals surface area contributed by atoms with Gasteiger partial charge in [0.25, 0.3) is 0 Å².